The number of nitrogens with one attached hydrogen (secondary N) is 1. The van der Waals surface area contributed by atoms with E-state index in [1.165, 1.54) is 29.9 Å². The molecule has 2 aromatic rings. The fourth-order valence-electron chi connectivity index (χ4n) is 3.71. The van der Waals surface area contributed by atoms with Gasteiger partial charge in [-0.15, -0.1) is 0 Å². The minimum Gasteiger partial charge on any atom is -0.298 e. The Bertz CT molecular complexity index is 533. The first-order valence-corrected chi connectivity index (χ1v) is 10.2. The highest BCUT2D eigenvalue weighted by Gasteiger charge is 2.37. The van der Waals surface area contributed by atoms with E-state index in [0.29, 0.717) is 6.04 Å². The van der Waals surface area contributed by atoms with Gasteiger partial charge in [-0.25, -0.2) is 0 Å². The van der Waals surface area contributed by atoms with Crippen molar-refractivity contribution in [1.29, 1.82) is 0 Å². The fraction of sp³-hybridized carbons (Fsp3) is 0.368. The van der Waals surface area contributed by atoms with Gasteiger partial charge in [0.2, 0.25) is 0 Å². The zero-order chi connectivity index (χ0) is 15.4. The van der Waals surface area contributed by atoms with Crippen LogP contribution in [0.5, 0.6) is 0 Å². The fourth-order valence-corrected chi connectivity index (χ4v) is 7.23. The number of hydrogen-bond acceptors (Lipinski definition) is 1. The summed E-state index contributed by atoms with van der Waals surface area (Å²) in [5.41, 5.74) is 0.780. The molecule has 0 heterocycles. The number of benzene rings is 2. The van der Waals surface area contributed by atoms with Crippen LogP contribution < -0.4 is 15.7 Å². The first-order chi connectivity index (χ1) is 10.8. The van der Waals surface area contributed by atoms with Gasteiger partial charge in [-0.1, -0.05) is 76.5 Å². The highest BCUT2D eigenvalue weighted by Crippen LogP contribution is 2.50. The molecular formula is C19H25NP2. The van der Waals surface area contributed by atoms with E-state index in [4.69, 9.17) is 0 Å². The molecule has 0 aliphatic heterocycles. The lowest BCUT2D eigenvalue weighted by Crippen LogP contribution is -2.34. The summed E-state index contributed by atoms with van der Waals surface area (Å²) in [5, 5.41) is 6.47. The summed E-state index contributed by atoms with van der Waals surface area (Å²) in [6.45, 7) is 2.33. The van der Waals surface area contributed by atoms with Crippen molar-refractivity contribution in [2.45, 2.75) is 37.9 Å². The van der Waals surface area contributed by atoms with E-state index in [-0.39, 0.29) is 7.92 Å². The Hall–Kier alpha value is -0.740. The van der Waals surface area contributed by atoms with E-state index >= 15 is 0 Å². The summed E-state index contributed by atoms with van der Waals surface area (Å²) in [5.74, 6) is 0.768. The molecule has 2 aromatic carbocycles. The molecule has 4 atom stereocenters. The minimum absolute atomic E-state index is 0.279. The number of rotatable bonds is 5. The highest BCUT2D eigenvalue weighted by molar-refractivity contribution is 7.73. The lowest BCUT2D eigenvalue weighted by Gasteiger charge is -2.33. The molecule has 0 bridgehead atoms. The summed E-state index contributed by atoms with van der Waals surface area (Å²) in [4.78, 5) is 0. The maximum atomic E-state index is 3.42. The zero-order valence-corrected chi connectivity index (χ0v) is 15.2. The van der Waals surface area contributed by atoms with Crippen LogP contribution in [0, 0.1) is 5.92 Å². The molecule has 1 saturated carbocycles. The smallest absolute Gasteiger partial charge is 0.0105 e. The van der Waals surface area contributed by atoms with E-state index in [2.05, 4.69) is 82.1 Å². The van der Waals surface area contributed by atoms with E-state index in [1.807, 2.05) is 0 Å². The lowest BCUT2D eigenvalue weighted by atomic mass is 10.0. The Morgan fingerprint density at radius 1 is 0.955 bits per heavy atom. The van der Waals surface area contributed by atoms with E-state index in [9.17, 15) is 0 Å². The average Bonchev–Trinajstić information content (AvgIpc) is 3.06. The second kappa shape index (κ2) is 7.69. The van der Waals surface area contributed by atoms with Crippen LogP contribution in [0.4, 0.5) is 0 Å². The molecule has 0 saturated heterocycles. The monoisotopic (exact) mass is 329 g/mol. The Labute approximate surface area is 137 Å². The van der Waals surface area contributed by atoms with E-state index in [1.54, 1.807) is 0 Å². The molecule has 0 spiro atoms. The molecule has 0 radical (unpaired) electrons. The Kier molecular flexibility index (Phi) is 5.64. The average molecular weight is 329 g/mol. The van der Waals surface area contributed by atoms with Crippen LogP contribution in [0.1, 0.15) is 26.2 Å². The van der Waals surface area contributed by atoms with Crippen LogP contribution in [0.15, 0.2) is 60.7 Å². The van der Waals surface area contributed by atoms with Crippen molar-refractivity contribution in [3.63, 3.8) is 0 Å². The predicted octanol–water partition coefficient (Wildman–Crippen LogP) is 4.06. The summed E-state index contributed by atoms with van der Waals surface area (Å²) in [7, 11) is 2.43. The van der Waals surface area contributed by atoms with Gasteiger partial charge in [-0.3, -0.25) is 5.09 Å². The van der Waals surface area contributed by atoms with Crippen LogP contribution >= 0.6 is 17.3 Å². The van der Waals surface area contributed by atoms with Crippen molar-refractivity contribution < 1.29 is 0 Å². The molecule has 1 nitrogen and oxygen atoms in total. The van der Waals surface area contributed by atoms with Crippen molar-refractivity contribution in [2.75, 3.05) is 0 Å². The molecule has 1 N–H and O–H groups in total. The maximum absolute atomic E-state index is 3.42. The summed E-state index contributed by atoms with van der Waals surface area (Å²) in [6.07, 6.45) is 4.08. The third-order valence-corrected chi connectivity index (χ3v) is 8.38. The second-order valence-electron chi connectivity index (χ2n) is 6.16. The quantitative estimate of drug-likeness (QED) is 0.816. The van der Waals surface area contributed by atoms with Crippen LogP contribution in [0.25, 0.3) is 0 Å². The highest BCUT2D eigenvalue weighted by atomic mass is 31.1. The molecule has 1 aliphatic rings. The van der Waals surface area contributed by atoms with Gasteiger partial charge in [-0.2, -0.15) is 0 Å². The van der Waals surface area contributed by atoms with Crippen molar-refractivity contribution in [3.8, 4) is 0 Å². The largest absolute Gasteiger partial charge is 0.298 e. The zero-order valence-electron chi connectivity index (χ0n) is 13.2. The van der Waals surface area contributed by atoms with E-state index < -0.39 is 0 Å². The van der Waals surface area contributed by atoms with Gasteiger partial charge in [-0.05, 0) is 49.9 Å². The van der Waals surface area contributed by atoms with Crippen LogP contribution in [-0.4, -0.2) is 11.7 Å². The van der Waals surface area contributed by atoms with Gasteiger partial charge >= 0.3 is 0 Å². The normalized spacial score (nSPS) is 22.9. The van der Waals surface area contributed by atoms with Crippen LogP contribution in [-0.2, 0) is 0 Å². The van der Waals surface area contributed by atoms with Gasteiger partial charge in [0.05, 0.1) is 0 Å². The molecule has 4 unspecified atom stereocenters. The Morgan fingerprint density at radius 2 is 1.50 bits per heavy atom. The molecule has 0 aromatic heterocycles. The molecule has 3 heteroatoms. The van der Waals surface area contributed by atoms with E-state index in [0.717, 1.165) is 11.6 Å². The van der Waals surface area contributed by atoms with Gasteiger partial charge in [0.15, 0.2) is 0 Å². The maximum Gasteiger partial charge on any atom is 0.0105 e. The summed E-state index contributed by atoms with van der Waals surface area (Å²) < 4.78 is 0. The minimum atomic E-state index is -0.279. The first-order valence-electron chi connectivity index (χ1n) is 8.16. The standard InChI is InChI=1S/C19H25NP2/c1-15(20-21)18-13-8-14-19(18)22(16-9-4-2-5-10-16)17-11-6-3-7-12-17/h2-7,9-12,15,18-20H,8,13-14,21H2,1H3. The summed E-state index contributed by atoms with van der Waals surface area (Å²) >= 11 is 0. The van der Waals surface area contributed by atoms with Crippen molar-refractivity contribution in [2.24, 2.45) is 5.92 Å². The molecule has 116 valence electrons. The first kappa shape index (κ1) is 16.1. The van der Waals surface area contributed by atoms with Crippen molar-refractivity contribution >= 4 is 27.9 Å². The van der Waals surface area contributed by atoms with Crippen molar-refractivity contribution in [1.82, 2.24) is 5.09 Å². The second-order valence-corrected chi connectivity index (χ2v) is 8.93. The van der Waals surface area contributed by atoms with Gasteiger partial charge in [0.1, 0.15) is 0 Å². The predicted molar refractivity (Wildman–Crippen MR) is 103 cm³/mol. The molecule has 0 amide bonds. The summed E-state index contributed by atoms with van der Waals surface area (Å²) in [6, 6.07) is 22.9. The molecular weight excluding hydrogens is 304 g/mol. The Morgan fingerprint density at radius 3 is 2.00 bits per heavy atom. The SMILES string of the molecule is CC(NP)C1CCCC1P(c1ccccc1)c1ccccc1. The lowest BCUT2D eigenvalue weighted by molar-refractivity contribution is 0.443. The topological polar surface area (TPSA) is 12.0 Å². The molecule has 3 rings (SSSR count). The Balaban J connectivity index is 1.99. The van der Waals surface area contributed by atoms with Crippen molar-refractivity contribution in [3.05, 3.63) is 60.7 Å². The number of hydrogen-bond donors (Lipinski definition) is 1. The molecule has 1 aliphatic carbocycles. The third-order valence-electron chi connectivity index (χ3n) is 4.84. The third kappa shape index (κ3) is 3.43. The van der Waals surface area contributed by atoms with Crippen LogP contribution in [0.2, 0.25) is 0 Å². The van der Waals surface area contributed by atoms with Gasteiger partial charge in [0.25, 0.3) is 0 Å². The van der Waals surface area contributed by atoms with Crippen LogP contribution in [0.3, 0.4) is 0 Å². The van der Waals surface area contributed by atoms with Gasteiger partial charge in [0, 0.05) is 6.04 Å². The van der Waals surface area contributed by atoms with Gasteiger partial charge < -0.3 is 0 Å². The molecule has 22 heavy (non-hydrogen) atoms. The molecule has 1 fully saturated rings.